The summed E-state index contributed by atoms with van der Waals surface area (Å²) < 4.78 is 7.69. The van der Waals surface area contributed by atoms with Gasteiger partial charge in [0.05, 0.1) is 23.8 Å². The van der Waals surface area contributed by atoms with Crippen molar-refractivity contribution in [2.45, 2.75) is 51.1 Å². The molecule has 158 valence electrons. The average molecular weight is 444 g/mol. The Kier molecular flexibility index (Phi) is 6.26. The number of carbonyl (C=O) groups excluding carboxylic acids is 1. The molecule has 1 atom stereocenters. The monoisotopic (exact) mass is 443 g/mol. The van der Waals surface area contributed by atoms with Crippen LogP contribution in [0.3, 0.4) is 0 Å². The zero-order valence-electron chi connectivity index (χ0n) is 17.1. The number of fused-ring (bicyclic) bond motifs is 3. The van der Waals surface area contributed by atoms with Gasteiger partial charge in [0.1, 0.15) is 4.83 Å². The maximum Gasteiger partial charge on any atom is 0.263 e. The number of thiophene rings is 1. The molecule has 1 aliphatic heterocycles. The molecule has 3 aromatic rings. The molecule has 0 aliphatic carbocycles. The molecular formula is C22H25N3O3S2. The van der Waals surface area contributed by atoms with Crippen LogP contribution in [-0.2, 0) is 35.5 Å². The van der Waals surface area contributed by atoms with E-state index < -0.39 is 5.91 Å². The van der Waals surface area contributed by atoms with Crippen LogP contribution in [0.5, 0.6) is 0 Å². The van der Waals surface area contributed by atoms with Crippen LogP contribution >= 0.6 is 23.1 Å². The van der Waals surface area contributed by atoms with E-state index in [0.29, 0.717) is 36.0 Å². The second-order valence-electron chi connectivity index (χ2n) is 7.82. The number of hydrogen-bond donors (Lipinski definition) is 1. The molecule has 4 rings (SSSR count). The molecule has 0 fully saturated rings. The predicted molar refractivity (Wildman–Crippen MR) is 121 cm³/mol. The first-order chi connectivity index (χ1) is 14.4. The van der Waals surface area contributed by atoms with E-state index in [9.17, 15) is 9.59 Å². The fourth-order valence-corrected chi connectivity index (χ4v) is 5.63. The lowest BCUT2D eigenvalue weighted by Crippen LogP contribution is -2.29. The summed E-state index contributed by atoms with van der Waals surface area (Å²) >= 11 is 2.74. The Morgan fingerprint density at radius 3 is 2.83 bits per heavy atom. The summed E-state index contributed by atoms with van der Waals surface area (Å²) in [7, 11) is 0. The SMILES string of the molecule is CC(C)[C@@H]1Cc2c(sc3nc(SCC(N)=O)n(CCc4ccccc4)c(=O)c23)CO1. The third-order valence-electron chi connectivity index (χ3n) is 5.35. The lowest BCUT2D eigenvalue weighted by molar-refractivity contribution is -0.115. The van der Waals surface area contributed by atoms with E-state index in [1.165, 1.54) is 23.1 Å². The van der Waals surface area contributed by atoms with Gasteiger partial charge in [0, 0.05) is 17.8 Å². The summed E-state index contributed by atoms with van der Waals surface area (Å²) in [6, 6.07) is 10.0. The fraction of sp³-hybridized carbons (Fsp3) is 0.409. The molecule has 2 N–H and O–H groups in total. The predicted octanol–water partition coefficient (Wildman–Crippen LogP) is 3.38. The van der Waals surface area contributed by atoms with Crippen LogP contribution in [0.1, 0.15) is 29.9 Å². The second-order valence-corrected chi connectivity index (χ2v) is 9.85. The second kappa shape index (κ2) is 8.91. The lowest BCUT2D eigenvalue weighted by atomic mass is 9.96. The molecule has 3 heterocycles. The zero-order valence-corrected chi connectivity index (χ0v) is 18.7. The first kappa shape index (κ1) is 21.1. The van der Waals surface area contributed by atoms with E-state index in [4.69, 9.17) is 15.5 Å². The number of benzene rings is 1. The maximum absolute atomic E-state index is 13.6. The molecule has 0 bridgehead atoms. The van der Waals surface area contributed by atoms with E-state index in [-0.39, 0.29) is 17.4 Å². The highest BCUT2D eigenvalue weighted by atomic mass is 32.2. The third kappa shape index (κ3) is 4.31. The number of thioether (sulfide) groups is 1. The Hall–Kier alpha value is -2.16. The molecular weight excluding hydrogens is 418 g/mol. The van der Waals surface area contributed by atoms with Gasteiger partial charge in [-0.2, -0.15) is 0 Å². The van der Waals surface area contributed by atoms with Crippen molar-refractivity contribution in [3.05, 3.63) is 56.7 Å². The van der Waals surface area contributed by atoms with Crippen LogP contribution in [0.2, 0.25) is 0 Å². The summed E-state index contributed by atoms with van der Waals surface area (Å²) in [4.78, 5) is 31.5. The first-order valence-electron chi connectivity index (χ1n) is 10.1. The van der Waals surface area contributed by atoms with E-state index in [2.05, 4.69) is 13.8 Å². The molecule has 0 spiro atoms. The van der Waals surface area contributed by atoms with Crippen molar-refractivity contribution in [2.75, 3.05) is 5.75 Å². The van der Waals surface area contributed by atoms with Gasteiger partial charge in [0.15, 0.2) is 5.16 Å². The van der Waals surface area contributed by atoms with Crippen molar-refractivity contribution in [1.29, 1.82) is 0 Å². The van der Waals surface area contributed by atoms with Crippen LogP contribution in [0, 0.1) is 5.92 Å². The quantitative estimate of drug-likeness (QED) is 0.447. The van der Waals surface area contributed by atoms with Crippen molar-refractivity contribution in [1.82, 2.24) is 9.55 Å². The summed E-state index contributed by atoms with van der Waals surface area (Å²) in [5.41, 5.74) is 7.53. The van der Waals surface area contributed by atoms with Gasteiger partial charge in [-0.25, -0.2) is 4.98 Å². The van der Waals surface area contributed by atoms with E-state index in [1.807, 2.05) is 30.3 Å². The zero-order chi connectivity index (χ0) is 21.3. The minimum Gasteiger partial charge on any atom is -0.372 e. The van der Waals surface area contributed by atoms with Gasteiger partial charge in [-0.15, -0.1) is 11.3 Å². The van der Waals surface area contributed by atoms with E-state index in [1.54, 1.807) is 4.57 Å². The Balaban J connectivity index is 1.77. The largest absolute Gasteiger partial charge is 0.372 e. The minimum atomic E-state index is -0.428. The van der Waals surface area contributed by atoms with Gasteiger partial charge in [0.2, 0.25) is 5.91 Å². The normalized spacial score (nSPS) is 16.2. The van der Waals surface area contributed by atoms with Crippen molar-refractivity contribution in [2.24, 2.45) is 11.7 Å². The highest BCUT2D eigenvalue weighted by molar-refractivity contribution is 7.99. The standard InChI is InChI=1S/C22H25N3O3S2/c1-13(2)16-10-15-17(11-28-16)30-20-19(15)21(27)25(22(24-20)29-12-18(23)26)9-8-14-6-4-3-5-7-14/h3-7,13,16H,8-12H2,1-2H3,(H2,23,26)/t16-/m0/s1. The summed E-state index contributed by atoms with van der Waals surface area (Å²) in [6.45, 7) is 5.30. The molecule has 1 amide bonds. The van der Waals surface area contributed by atoms with Crippen LogP contribution in [-0.4, -0.2) is 27.3 Å². The van der Waals surface area contributed by atoms with Crippen molar-refractivity contribution < 1.29 is 9.53 Å². The molecule has 0 saturated heterocycles. The average Bonchev–Trinajstić information content (AvgIpc) is 3.10. The molecule has 2 aromatic heterocycles. The lowest BCUT2D eigenvalue weighted by Gasteiger charge is -2.26. The highest BCUT2D eigenvalue weighted by Crippen LogP contribution is 2.35. The van der Waals surface area contributed by atoms with Crippen molar-refractivity contribution in [3.8, 4) is 0 Å². The van der Waals surface area contributed by atoms with Gasteiger partial charge in [-0.05, 0) is 23.5 Å². The number of primary amides is 1. The minimum absolute atomic E-state index is 0.0372. The number of nitrogens with two attached hydrogens (primary N) is 1. The summed E-state index contributed by atoms with van der Waals surface area (Å²) in [5.74, 6) is 0.0433. The number of amides is 1. The van der Waals surface area contributed by atoms with Gasteiger partial charge >= 0.3 is 0 Å². The van der Waals surface area contributed by atoms with E-state index in [0.717, 1.165) is 27.3 Å². The number of ether oxygens (including phenoxy) is 1. The topological polar surface area (TPSA) is 87.2 Å². The van der Waals surface area contributed by atoms with Crippen LogP contribution in [0.25, 0.3) is 10.2 Å². The Bertz CT molecular complexity index is 1120. The van der Waals surface area contributed by atoms with Crippen molar-refractivity contribution in [3.63, 3.8) is 0 Å². The molecule has 30 heavy (non-hydrogen) atoms. The summed E-state index contributed by atoms with van der Waals surface area (Å²) in [5, 5.41) is 1.25. The van der Waals surface area contributed by atoms with Crippen LogP contribution in [0.4, 0.5) is 0 Å². The Morgan fingerprint density at radius 1 is 1.37 bits per heavy atom. The van der Waals surface area contributed by atoms with Gasteiger partial charge in [0.25, 0.3) is 5.56 Å². The number of aromatic nitrogens is 2. The maximum atomic E-state index is 13.6. The molecule has 0 unspecified atom stereocenters. The summed E-state index contributed by atoms with van der Waals surface area (Å²) in [6.07, 6.45) is 1.55. The molecule has 8 heteroatoms. The number of carbonyl (C=O) groups is 1. The molecule has 6 nitrogen and oxygen atoms in total. The fourth-order valence-electron chi connectivity index (χ4n) is 3.70. The van der Waals surface area contributed by atoms with Gasteiger partial charge in [-0.3, -0.25) is 14.2 Å². The molecule has 0 saturated carbocycles. The Morgan fingerprint density at radius 2 is 2.13 bits per heavy atom. The number of rotatable bonds is 7. The Labute approximate surface area is 183 Å². The number of aryl methyl sites for hydroxylation is 1. The van der Waals surface area contributed by atoms with Crippen molar-refractivity contribution >= 4 is 39.2 Å². The third-order valence-corrected chi connectivity index (χ3v) is 7.45. The van der Waals surface area contributed by atoms with Gasteiger partial charge in [-0.1, -0.05) is 55.9 Å². The number of nitrogens with zero attached hydrogens (tertiary/aromatic N) is 2. The number of hydrogen-bond acceptors (Lipinski definition) is 6. The van der Waals surface area contributed by atoms with E-state index >= 15 is 0 Å². The molecule has 1 aromatic carbocycles. The van der Waals surface area contributed by atoms with Crippen LogP contribution < -0.4 is 11.3 Å². The highest BCUT2D eigenvalue weighted by Gasteiger charge is 2.28. The first-order valence-corrected chi connectivity index (χ1v) is 11.9. The molecule has 1 aliphatic rings. The smallest absolute Gasteiger partial charge is 0.263 e. The van der Waals surface area contributed by atoms with Gasteiger partial charge < -0.3 is 10.5 Å². The van der Waals surface area contributed by atoms with Crippen LogP contribution in [0.15, 0.2) is 40.3 Å². The molecule has 0 radical (unpaired) electrons.